The molecule has 1 aliphatic rings. The molecule has 0 saturated heterocycles. The lowest BCUT2D eigenvalue weighted by Gasteiger charge is -2.14. The zero-order valence-corrected chi connectivity index (χ0v) is 5.64. The summed E-state index contributed by atoms with van der Waals surface area (Å²) in [4.78, 5) is 0. The summed E-state index contributed by atoms with van der Waals surface area (Å²) in [5.41, 5.74) is 6.99. The lowest BCUT2D eigenvalue weighted by molar-refractivity contribution is 0.633. The van der Waals surface area contributed by atoms with Crippen LogP contribution in [0, 0.1) is 0 Å². The maximum atomic E-state index is 5.68. The molecule has 9 heavy (non-hydrogen) atoms. The van der Waals surface area contributed by atoms with Crippen molar-refractivity contribution >= 4 is 0 Å². The number of allylic oxidation sites excluding steroid dienone is 2. The Morgan fingerprint density at radius 1 is 1.78 bits per heavy atom. The Hall–Kier alpha value is -0.560. The molecule has 0 fully saturated rings. The van der Waals surface area contributed by atoms with Gasteiger partial charge in [0.2, 0.25) is 0 Å². The van der Waals surface area contributed by atoms with Gasteiger partial charge in [-0.2, -0.15) is 0 Å². The van der Waals surface area contributed by atoms with E-state index in [9.17, 15) is 0 Å². The highest BCUT2D eigenvalue weighted by Gasteiger charge is 2.05. The van der Waals surface area contributed by atoms with Crippen LogP contribution < -0.4 is 5.73 Å². The lowest BCUT2D eigenvalue weighted by atomic mass is 9.96. The highest BCUT2D eigenvalue weighted by atomic mass is 14.6. The van der Waals surface area contributed by atoms with Crippen LogP contribution in [0.4, 0.5) is 0 Å². The third-order valence-electron chi connectivity index (χ3n) is 1.69. The average Bonchev–Trinajstić information content (AvgIpc) is 1.88. The third kappa shape index (κ3) is 1.68. The fourth-order valence-electron chi connectivity index (χ4n) is 1.15. The van der Waals surface area contributed by atoms with Crippen LogP contribution in [0.1, 0.15) is 19.3 Å². The highest BCUT2D eigenvalue weighted by molar-refractivity contribution is 5.20. The monoisotopic (exact) mass is 123 g/mol. The molecule has 0 bridgehead atoms. The number of hydrogen-bond acceptors (Lipinski definition) is 1. The Kier molecular flexibility index (Phi) is 2.06. The number of rotatable bonds is 1. The standard InChI is InChI=1S/C8H13N/c1-2-7-4-3-5-8(9)6-7/h2,6,8H,1,3-5,9H2. The van der Waals surface area contributed by atoms with Crippen LogP contribution >= 0.6 is 0 Å². The Morgan fingerprint density at radius 3 is 3.00 bits per heavy atom. The van der Waals surface area contributed by atoms with Crippen molar-refractivity contribution < 1.29 is 0 Å². The van der Waals surface area contributed by atoms with Crippen molar-refractivity contribution in [3.63, 3.8) is 0 Å². The fourth-order valence-corrected chi connectivity index (χ4v) is 1.15. The van der Waals surface area contributed by atoms with E-state index in [2.05, 4.69) is 12.7 Å². The van der Waals surface area contributed by atoms with Crippen LogP contribution in [0.25, 0.3) is 0 Å². The van der Waals surface area contributed by atoms with Gasteiger partial charge in [0.1, 0.15) is 0 Å². The molecule has 2 N–H and O–H groups in total. The molecular formula is C8H13N. The Morgan fingerprint density at radius 2 is 2.56 bits per heavy atom. The number of hydrogen-bond donors (Lipinski definition) is 1. The maximum Gasteiger partial charge on any atom is 0.0229 e. The molecule has 1 rings (SSSR count). The van der Waals surface area contributed by atoms with Crippen molar-refractivity contribution in [3.05, 3.63) is 24.3 Å². The average molecular weight is 123 g/mol. The molecule has 0 aliphatic heterocycles. The molecule has 0 aromatic rings. The van der Waals surface area contributed by atoms with Crippen molar-refractivity contribution in [2.45, 2.75) is 25.3 Å². The molecule has 1 unspecified atom stereocenters. The second-order valence-corrected chi connectivity index (χ2v) is 2.50. The first-order chi connectivity index (χ1) is 4.33. The molecule has 0 heterocycles. The van der Waals surface area contributed by atoms with Crippen LogP contribution in [0.5, 0.6) is 0 Å². The van der Waals surface area contributed by atoms with Crippen LogP contribution in [0.2, 0.25) is 0 Å². The highest BCUT2D eigenvalue weighted by Crippen LogP contribution is 2.16. The third-order valence-corrected chi connectivity index (χ3v) is 1.69. The SMILES string of the molecule is C=CC1=CC(N)CCC1. The summed E-state index contributed by atoms with van der Waals surface area (Å²) in [6.07, 6.45) is 7.53. The second kappa shape index (κ2) is 2.83. The van der Waals surface area contributed by atoms with E-state index in [1.165, 1.54) is 12.0 Å². The van der Waals surface area contributed by atoms with Crippen LogP contribution in [-0.2, 0) is 0 Å². The van der Waals surface area contributed by atoms with Crippen molar-refractivity contribution in [1.29, 1.82) is 0 Å². The molecule has 0 amide bonds. The van der Waals surface area contributed by atoms with Crippen molar-refractivity contribution in [2.24, 2.45) is 5.73 Å². The molecule has 50 valence electrons. The minimum Gasteiger partial charge on any atom is -0.324 e. The van der Waals surface area contributed by atoms with Gasteiger partial charge in [-0.25, -0.2) is 0 Å². The molecule has 0 aromatic carbocycles. The van der Waals surface area contributed by atoms with Gasteiger partial charge in [-0.05, 0) is 19.3 Å². The van der Waals surface area contributed by atoms with Crippen LogP contribution in [-0.4, -0.2) is 6.04 Å². The zero-order valence-electron chi connectivity index (χ0n) is 5.64. The molecule has 1 heteroatoms. The molecule has 0 saturated carbocycles. The second-order valence-electron chi connectivity index (χ2n) is 2.50. The first-order valence-electron chi connectivity index (χ1n) is 3.41. The summed E-state index contributed by atoms with van der Waals surface area (Å²) in [5, 5.41) is 0. The summed E-state index contributed by atoms with van der Waals surface area (Å²) < 4.78 is 0. The van der Waals surface area contributed by atoms with E-state index in [0.29, 0.717) is 0 Å². The van der Waals surface area contributed by atoms with E-state index in [-0.39, 0.29) is 6.04 Å². The van der Waals surface area contributed by atoms with E-state index in [0.717, 1.165) is 12.8 Å². The van der Waals surface area contributed by atoms with E-state index in [1.807, 2.05) is 6.08 Å². The lowest BCUT2D eigenvalue weighted by Crippen LogP contribution is -2.19. The fraction of sp³-hybridized carbons (Fsp3) is 0.500. The molecule has 1 atom stereocenters. The van der Waals surface area contributed by atoms with Gasteiger partial charge in [0.05, 0.1) is 0 Å². The summed E-state index contributed by atoms with van der Waals surface area (Å²) in [5.74, 6) is 0. The first kappa shape index (κ1) is 6.56. The minimum atomic E-state index is 0.284. The Balaban J connectivity index is 2.59. The van der Waals surface area contributed by atoms with E-state index < -0.39 is 0 Å². The number of nitrogens with two attached hydrogens (primary N) is 1. The van der Waals surface area contributed by atoms with E-state index in [4.69, 9.17) is 5.73 Å². The summed E-state index contributed by atoms with van der Waals surface area (Å²) in [6, 6.07) is 0.284. The topological polar surface area (TPSA) is 26.0 Å². The largest absolute Gasteiger partial charge is 0.324 e. The van der Waals surface area contributed by atoms with Crippen LogP contribution in [0.3, 0.4) is 0 Å². The minimum absolute atomic E-state index is 0.284. The van der Waals surface area contributed by atoms with Crippen molar-refractivity contribution in [3.8, 4) is 0 Å². The normalized spacial score (nSPS) is 27.2. The summed E-state index contributed by atoms with van der Waals surface area (Å²) in [7, 11) is 0. The summed E-state index contributed by atoms with van der Waals surface area (Å²) in [6.45, 7) is 3.69. The smallest absolute Gasteiger partial charge is 0.0229 e. The van der Waals surface area contributed by atoms with Gasteiger partial charge >= 0.3 is 0 Å². The summed E-state index contributed by atoms with van der Waals surface area (Å²) >= 11 is 0. The molecule has 0 spiro atoms. The van der Waals surface area contributed by atoms with Crippen LogP contribution in [0.15, 0.2) is 24.3 Å². The maximum absolute atomic E-state index is 5.68. The van der Waals surface area contributed by atoms with Gasteiger partial charge in [0.15, 0.2) is 0 Å². The first-order valence-corrected chi connectivity index (χ1v) is 3.41. The molecule has 1 aliphatic carbocycles. The Labute approximate surface area is 56.2 Å². The van der Waals surface area contributed by atoms with Gasteiger partial charge in [-0.15, -0.1) is 0 Å². The predicted molar refractivity (Wildman–Crippen MR) is 40.1 cm³/mol. The van der Waals surface area contributed by atoms with Gasteiger partial charge in [-0.3, -0.25) is 0 Å². The quantitative estimate of drug-likeness (QED) is 0.563. The van der Waals surface area contributed by atoms with Gasteiger partial charge in [-0.1, -0.05) is 24.3 Å². The molecule has 0 radical (unpaired) electrons. The molecule has 0 aromatic heterocycles. The van der Waals surface area contributed by atoms with Gasteiger partial charge < -0.3 is 5.73 Å². The van der Waals surface area contributed by atoms with E-state index >= 15 is 0 Å². The Bertz CT molecular complexity index is 136. The van der Waals surface area contributed by atoms with Gasteiger partial charge in [0, 0.05) is 6.04 Å². The molecular weight excluding hydrogens is 110 g/mol. The molecule has 1 nitrogen and oxygen atoms in total. The zero-order chi connectivity index (χ0) is 6.69. The van der Waals surface area contributed by atoms with Crippen molar-refractivity contribution in [2.75, 3.05) is 0 Å². The predicted octanol–water partition coefficient (Wildman–Crippen LogP) is 1.61. The van der Waals surface area contributed by atoms with Gasteiger partial charge in [0.25, 0.3) is 0 Å². The van der Waals surface area contributed by atoms with E-state index in [1.54, 1.807) is 0 Å². The van der Waals surface area contributed by atoms with Crippen molar-refractivity contribution in [1.82, 2.24) is 0 Å².